The fourth-order valence-electron chi connectivity index (χ4n) is 0.689. The molecule has 1 aromatic rings. The van der Waals surface area contributed by atoms with Crippen LogP contribution in [0.25, 0.3) is 0 Å². The largest absolute Gasteiger partial charge is 0.484 e. The van der Waals surface area contributed by atoms with E-state index < -0.39 is 18.4 Å². The van der Waals surface area contributed by atoms with E-state index in [0.717, 1.165) is 12.1 Å². The maximum Gasteiger partial charge on any atom is 0.484 e. The lowest BCUT2D eigenvalue weighted by atomic mass is 10.5. The Balaban J connectivity index is 2.99. The first-order valence-electron chi connectivity index (χ1n) is 3.19. The zero-order valence-electron chi connectivity index (χ0n) is 6.52. The minimum atomic E-state index is -4.60. The van der Waals surface area contributed by atoms with E-state index in [1.54, 1.807) is 0 Å². The van der Waals surface area contributed by atoms with Crippen molar-refractivity contribution in [3.63, 3.8) is 0 Å². The Hall–Kier alpha value is -0.920. The minimum absolute atomic E-state index is 0.252. The first-order chi connectivity index (χ1) is 6.32. The predicted octanol–water partition coefficient (Wildman–Crippen LogP) is 0.536. The van der Waals surface area contributed by atoms with Crippen LogP contribution in [-0.4, -0.2) is 25.1 Å². The van der Waals surface area contributed by atoms with Gasteiger partial charge in [-0.3, -0.25) is 10.1 Å². The fraction of sp³-hybridized carbons (Fsp3) is 0. The molecule has 1 rings (SSSR count). The van der Waals surface area contributed by atoms with Gasteiger partial charge in [-0.05, 0) is 6.07 Å². The summed E-state index contributed by atoms with van der Waals surface area (Å²) < 4.78 is 0. The average Bonchev–Trinajstić information content (AvgIpc) is 2.48. The van der Waals surface area contributed by atoms with Gasteiger partial charge in [0.25, 0.3) is 0 Å². The molecule has 0 bridgehead atoms. The summed E-state index contributed by atoms with van der Waals surface area (Å²) in [6.07, 6.45) is 0. The number of hydrogen-bond donors (Lipinski definition) is 3. The zero-order chi connectivity index (χ0) is 10.9. The maximum absolute atomic E-state index is 11.0. The van der Waals surface area contributed by atoms with Crippen LogP contribution in [0.5, 0.6) is 0 Å². The molecule has 0 aliphatic heterocycles. The quantitative estimate of drug-likeness (QED) is 0.401. The molecular formula is C5H5NO6PS+. The van der Waals surface area contributed by atoms with Gasteiger partial charge in [0, 0.05) is 6.07 Å². The minimum Gasteiger partial charge on any atom is -0.258 e. The van der Waals surface area contributed by atoms with Gasteiger partial charge in [0.05, 0.1) is 4.92 Å². The molecule has 1 heterocycles. The van der Waals surface area contributed by atoms with Crippen molar-refractivity contribution in [1.29, 1.82) is 0 Å². The lowest BCUT2D eigenvalue weighted by Gasteiger charge is -1.97. The monoisotopic (exact) mass is 238 g/mol. The lowest BCUT2D eigenvalue weighted by Crippen LogP contribution is -2.02. The second-order valence-corrected chi connectivity index (χ2v) is 4.87. The van der Waals surface area contributed by atoms with E-state index in [-0.39, 0.29) is 9.88 Å². The van der Waals surface area contributed by atoms with E-state index >= 15 is 0 Å². The zero-order valence-corrected chi connectivity index (χ0v) is 8.23. The van der Waals surface area contributed by atoms with Crippen LogP contribution in [0.3, 0.4) is 0 Å². The van der Waals surface area contributed by atoms with Crippen molar-refractivity contribution in [2.24, 2.45) is 0 Å². The molecule has 7 nitrogen and oxygen atoms in total. The Labute approximate surface area is 82.0 Å². The first-order valence-corrected chi connectivity index (χ1v) is 5.65. The Morgan fingerprint density at radius 2 is 2.00 bits per heavy atom. The Kier molecular flexibility index (Phi) is 2.93. The third-order valence-electron chi connectivity index (χ3n) is 1.26. The van der Waals surface area contributed by atoms with E-state index in [2.05, 4.69) is 0 Å². The van der Waals surface area contributed by atoms with Gasteiger partial charge in [0.15, 0.2) is 0 Å². The maximum atomic E-state index is 11.0. The molecule has 0 saturated carbocycles. The average molecular weight is 238 g/mol. The summed E-state index contributed by atoms with van der Waals surface area (Å²) in [6, 6.07) is 2.11. The normalized spacial score (nSPS) is 11.4. The molecule has 0 fully saturated rings. The summed E-state index contributed by atoms with van der Waals surface area (Å²) in [5, 5.41) is 9.91. The van der Waals surface area contributed by atoms with Crippen LogP contribution >= 0.6 is 19.3 Å². The molecule has 0 amide bonds. The summed E-state index contributed by atoms with van der Waals surface area (Å²) in [6.45, 7) is 0. The van der Waals surface area contributed by atoms with Gasteiger partial charge in [-0.25, -0.2) is 4.79 Å². The highest BCUT2D eigenvalue weighted by atomic mass is 32.1. The number of nitro groups is 1. The second-order valence-electron chi connectivity index (χ2n) is 2.27. The van der Waals surface area contributed by atoms with E-state index in [1.165, 1.54) is 0 Å². The van der Waals surface area contributed by atoms with Crippen molar-refractivity contribution < 1.29 is 24.4 Å². The van der Waals surface area contributed by atoms with Crippen molar-refractivity contribution in [3.8, 4) is 0 Å². The fourth-order valence-corrected chi connectivity index (χ4v) is 2.22. The Morgan fingerprint density at radius 1 is 1.43 bits per heavy atom. The highest BCUT2D eigenvalue weighted by Crippen LogP contribution is 2.49. The summed E-state index contributed by atoms with van der Waals surface area (Å²) >= 11 is 0.475. The van der Waals surface area contributed by atoms with Gasteiger partial charge in [-0.2, -0.15) is 14.7 Å². The molecule has 0 spiro atoms. The molecule has 0 aliphatic carbocycles. The Morgan fingerprint density at radius 3 is 2.36 bits per heavy atom. The molecule has 0 saturated heterocycles. The van der Waals surface area contributed by atoms with Crippen LogP contribution in [-0.2, 0) is 0 Å². The van der Waals surface area contributed by atoms with Crippen molar-refractivity contribution in [3.05, 3.63) is 27.1 Å². The van der Waals surface area contributed by atoms with Crippen molar-refractivity contribution in [1.82, 2.24) is 0 Å². The molecule has 76 valence electrons. The van der Waals surface area contributed by atoms with Crippen molar-refractivity contribution in [2.45, 2.75) is 0 Å². The lowest BCUT2D eigenvalue weighted by molar-refractivity contribution is -0.380. The van der Waals surface area contributed by atoms with Crippen LogP contribution < -0.4 is 0 Å². The van der Waals surface area contributed by atoms with Gasteiger partial charge < -0.3 is 0 Å². The highest BCUT2D eigenvalue weighted by molar-refractivity contribution is 7.77. The molecule has 9 heteroatoms. The van der Waals surface area contributed by atoms with Crippen molar-refractivity contribution >= 4 is 29.8 Å². The van der Waals surface area contributed by atoms with E-state index in [0.29, 0.717) is 11.3 Å². The summed E-state index contributed by atoms with van der Waals surface area (Å²) in [4.78, 5) is 46.0. The van der Waals surface area contributed by atoms with Crippen molar-refractivity contribution in [2.75, 3.05) is 0 Å². The summed E-state index contributed by atoms with van der Waals surface area (Å²) in [5.74, 6) is 0. The van der Waals surface area contributed by atoms with Gasteiger partial charge in [-0.15, -0.1) is 0 Å². The van der Waals surface area contributed by atoms with Gasteiger partial charge in [-0.1, -0.05) is 11.3 Å². The number of carbonyl (C=O) groups is 1. The number of thiophene rings is 1. The van der Waals surface area contributed by atoms with Crippen LogP contribution in [0.4, 0.5) is 5.00 Å². The van der Waals surface area contributed by atoms with Gasteiger partial charge in [0.1, 0.15) is 4.88 Å². The first kappa shape index (κ1) is 11.2. The third-order valence-corrected chi connectivity index (χ3v) is 3.23. The third kappa shape index (κ3) is 2.31. The van der Waals surface area contributed by atoms with E-state index in [1.807, 2.05) is 0 Å². The van der Waals surface area contributed by atoms with Gasteiger partial charge >= 0.3 is 18.5 Å². The predicted molar refractivity (Wildman–Crippen MR) is 48.9 cm³/mol. The molecular weight excluding hydrogens is 233 g/mol. The van der Waals surface area contributed by atoms with E-state index in [9.17, 15) is 14.9 Å². The van der Waals surface area contributed by atoms with Crippen LogP contribution in [0, 0.1) is 10.1 Å². The molecule has 0 aliphatic rings. The number of hydrogen-bond acceptors (Lipinski definition) is 7. The number of nitrogens with zero attached hydrogens (tertiary/aromatic N) is 1. The SMILES string of the molecule is O=C(c1ccc([N+](=O)[O-])s1)[P+](O)(O)O. The summed E-state index contributed by atoms with van der Waals surface area (Å²) in [5.41, 5.74) is -1.28. The van der Waals surface area contributed by atoms with E-state index in [4.69, 9.17) is 14.7 Å². The standard InChI is InChI=1S/C5H5NO6PS/c7-5(13(10,11)12)3-1-2-4(14-3)6(8)9/h1-2,10-12H/q+1. The van der Waals surface area contributed by atoms with Crippen LogP contribution in [0.2, 0.25) is 0 Å². The van der Waals surface area contributed by atoms with Gasteiger partial charge in [0.2, 0.25) is 0 Å². The van der Waals surface area contributed by atoms with Crippen LogP contribution in [0.15, 0.2) is 12.1 Å². The molecule has 0 aromatic carbocycles. The summed E-state index contributed by atoms with van der Waals surface area (Å²) in [7, 11) is -4.60. The number of carbonyl (C=O) groups excluding carboxylic acids is 1. The molecule has 0 radical (unpaired) electrons. The molecule has 0 atom stereocenters. The Bertz CT molecular complexity index is 382. The topological polar surface area (TPSA) is 121 Å². The molecule has 3 N–H and O–H groups in total. The number of rotatable bonds is 3. The highest BCUT2D eigenvalue weighted by Gasteiger charge is 2.44. The van der Waals surface area contributed by atoms with Crippen LogP contribution in [0.1, 0.15) is 9.67 Å². The molecule has 0 unspecified atom stereocenters. The second kappa shape index (κ2) is 3.68. The smallest absolute Gasteiger partial charge is 0.258 e. The molecule has 1 aromatic heterocycles. The molecule has 14 heavy (non-hydrogen) atoms.